The molecule has 1 aliphatic heterocycles. The number of rotatable bonds is 1. The number of allylic oxidation sites excluding steroid dienone is 1. The van der Waals surface area contributed by atoms with E-state index in [-0.39, 0.29) is 30.2 Å². The molecule has 0 bridgehead atoms. The maximum atomic E-state index is 13.5. The summed E-state index contributed by atoms with van der Waals surface area (Å²) >= 11 is 6.09. The minimum absolute atomic E-state index is 0.0106. The van der Waals surface area contributed by atoms with Crippen molar-refractivity contribution in [3.05, 3.63) is 64.2 Å². The van der Waals surface area contributed by atoms with Gasteiger partial charge in [0.2, 0.25) is 0 Å². The van der Waals surface area contributed by atoms with Crippen molar-refractivity contribution in [3.63, 3.8) is 0 Å². The van der Waals surface area contributed by atoms with Gasteiger partial charge in [0.15, 0.2) is 0 Å². The molecule has 0 N–H and O–H groups in total. The van der Waals surface area contributed by atoms with Crippen LogP contribution in [0.25, 0.3) is 6.08 Å². The van der Waals surface area contributed by atoms with Crippen molar-refractivity contribution in [1.29, 1.82) is 0 Å². The van der Waals surface area contributed by atoms with Gasteiger partial charge in [-0.3, -0.25) is 4.79 Å². The summed E-state index contributed by atoms with van der Waals surface area (Å²) in [7, 11) is 1.16. The van der Waals surface area contributed by atoms with Crippen LogP contribution < -0.4 is 9.64 Å². The Labute approximate surface area is 181 Å². The lowest BCUT2D eigenvalue weighted by molar-refractivity contribution is -0.170. The quantitative estimate of drug-likeness (QED) is 0.586. The Hall–Kier alpha value is -3.00. The molecule has 2 aliphatic rings. The first-order chi connectivity index (χ1) is 14.6. The Kier molecular flexibility index (Phi) is 5.21. The topological polar surface area (TPSA) is 55.8 Å². The number of ether oxygens (including phenoxy) is 2. The number of hydrogen-bond donors (Lipinski definition) is 0. The highest BCUT2D eigenvalue weighted by Crippen LogP contribution is 2.44. The van der Waals surface area contributed by atoms with Crippen LogP contribution in [0, 0.1) is 0 Å². The molecule has 1 atom stereocenters. The SMILES string of the molecule is COC(=O)c1ccc2c(c1)N(C(=O)C(F)(F)F)C[C@@]1(CC=Cc3cc(Cl)ccc31)CO2. The number of carbonyl (C=O) groups excluding carboxylic acids is 2. The Balaban J connectivity index is 1.87. The number of alkyl halides is 3. The number of fused-ring (bicyclic) bond motifs is 3. The summed E-state index contributed by atoms with van der Waals surface area (Å²) in [6.07, 6.45) is -1.08. The Morgan fingerprint density at radius 1 is 1.19 bits per heavy atom. The normalized spacial score (nSPS) is 19.8. The van der Waals surface area contributed by atoms with E-state index in [9.17, 15) is 22.8 Å². The number of amides is 1. The van der Waals surface area contributed by atoms with Crippen LogP contribution in [0.2, 0.25) is 5.02 Å². The van der Waals surface area contributed by atoms with E-state index in [0.29, 0.717) is 16.3 Å². The first-order valence-corrected chi connectivity index (χ1v) is 9.73. The number of esters is 1. The molecule has 0 unspecified atom stereocenters. The van der Waals surface area contributed by atoms with E-state index in [0.717, 1.165) is 18.2 Å². The van der Waals surface area contributed by atoms with E-state index in [4.69, 9.17) is 16.3 Å². The first kappa shape index (κ1) is 21.2. The Morgan fingerprint density at radius 3 is 2.68 bits per heavy atom. The molecule has 1 spiro atoms. The predicted octanol–water partition coefficient (Wildman–Crippen LogP) is 4.77. The fourth-order valence-electron chi connectivity index (χ4n) is 4.04. The average Bonchev–Trinajstić information content (AvgIpc) is 2.89. The molecule has 0 saturated heterocycles. The number of methoxy groups -OCH3 is 1. The van der Waals surface area contributed by atoms with E-state index < -0.39 is 23.5 Å². The van der Waals surface area contributed by atoms with E-state index in [1.165, 1.54) is 18.2 Å². The van der Waals surface area contributed by atoms with Gasteiger partial charge in [-0.15, -0.1) is 0 Å². The molecule has 2 aromatic carbocycles. The molecule has 162 valence electrons. The summed E-state index contributed by atoms with van der Waals surface area (Å²) in [6.45, 7) is -0.250. The summed E-state index contributed by atoms with van der Waals surface area (Å²) in [6, 6.07) is 9.07. The van der Waals surface area contributed by atoms with E-state index >= 15 is 0 Å². The van der Waals surface area contributed by atoms with Gasteiger partial charge in [0.05, 0.1) is 23.8 Å². The fraction of sp³-hybridized carbons (Fsp3) is 0.273. The molecule has 0 radical (unpaired) electrons. The van der Waals surface area contributed by atoms with E-state index in [2.05, 4.69) is 4.74 Å². The number of anilines is 1. The van der Waals surface area contributed by atoms with Gasteiger partial charge in [-0.05, 0) is 47.9 Å². The lowest BCUT2D eigenvalue weighted by Crippen LogP contribution is -2.50. The van der Waals surface area contributed by atoms with Crippen molar-refractivity contribution in [2.75, 3.05) is 25.2 Å². The average molecular weight is 452 g/mol. The second-order valence-electron chi connectivity index (χ2n) is 7.47. The number of carbonyl (C=O) groups is 2. The third-order valence-electron chi connectivity index (χ3n) is 5.51. The smallest absolute Gasteiger partial charge is 0.471 e. The molecule has 5 nitrogen and oxygen atoms in total. The second kappa shape index (κ2) is 7.60. The van der Waals surface area contributed by atoms with Crippen molar-refractivity contribution in [1.82, 2.24) is 0 Å². The summed E-state index contributed by atoms with van der Waals surface area (Å²) in [5, 5.41) is 0.490. The van der Waals surface area contributed by atoms with Crippen LogP contribution in [0.1, 0.15) is 27.9 Å². The van der Waals surface area contributed by atoms with Gasteiger partial charge in [-0.1, -0.05) is 29.8 Å². The van der Waals surface area contributed by atoms with Crippen LogP contribution in [0.3, 0.4) is 0 Å². The molecule has 0 saturated carbocycles. The van der Waals surface area contributed by atoms with Gasteiger partial charge in [0.25, 0.3) is 0 Å². The minimum Gasteiger partial charge on any atom is -0.490 e. The van der Waals surface area contributed by atoms with Gasteiger partial charge < -0.3 is 14.4 Å². The molecule has 1 aliphatic carbocycles. The van der Waals surface area contributed by atoms with Crippen LogP contribution in [-0.4, -0.2) is 38.3 Å². The highest BCUT2D eigenvalue weighted by Gasteiger charge is 2.49. The third-order valence-corrected chi connectivity index (χ3v) is 5.75. The van der Waals surface area contributed by atoms with Gasteiger partial charge in [-0.25, -0.2) is 4.79 Å². The predicted molar refractivity (Wildman–Crippen MR) is 108 cm³/mol. The summed E-state index contributed by atoms with van der Waals surface area (Å²) in [4.78, 5) is 25.1. The van der Waals surface area contributed by atoms with Crippen molar-refractivity contribution < 1.29 is 32.2 Å². The number of halogens is 4. The minimum atomic E-state index is -5.11. The van der Waals surface area contributed by atoms with E-state index in [1.54, 1.807) is 18.2 Å². The van der Waals surface area contributed by atoms with Crippen molar-refractivity contribution in [3.8, 4) is 5.75 Å². The second-order valence-corrected chi connectivity index (χ2v) is 7.91. The molecule has 9 heteroatoms. The monoisotopic (exact) mass is 451 g/mol. The fourth-order valence-corrected chi connectivity index (χ4v) is 4.22. The van der Waals surface area contributed by atoms with Crippen LogP contribution in [-0.2, 0) is 14.9 Å². The molecular formula is C22H17ClF3NO4. The van der Waals surface area contributed by atoms with Crippen molar-refractivity contribution in [2.24, 2.45) is 0 Å². The Morgan fingerprint density at radius 2 is 1.97 bits per heavy atom. The van der Waals surface area contributed by atoms with Gasteiger partial charge in [0, 0.05) is 11.6 Å². The maximum Gasteiger partial charge on any atom is 0.471 e. The zero-order chi connectivity index (χ0) is 22.4. The molecule has 0 fully saturated rings. The van der Waals surface area contributed by atoms with Crippen LogP contribution in [0.5, 0.6) is 5.75 Å². The Bertz CT molecular complexity index is 1100. The number of benzene rings is 2. The zero-order valence-corrected chi connectivity index (χ0v) is 17.1. The van der Waals surface area contributed by atoms with E-state index in [1.807, 2.05) is 12.2 Å². The lowest BCUT2D eigenvalue weighted by Gasteiger charge is -2.38. The summed E-state index contributed by atoms with van der Waals surface area (Å²) in [5.74, 6) is -2.69. The lowest BCUT2D eigenvalue weighted by atomic mass is 9.72. The highest BCUT2D eigenvalue weighted by atomic mass is 35.5. The third kappa shape index (κ3) is 3.76. The molecule has 1 amide bonds. The van der Waals surface area contributed by atoms with Crippen molar-refractivity contribution in [2.45, 2.75) is 18.0 Å². The van der Waals surface area contributed by atoms with Crippen LogP contribution >= 0.6 is 11.6 Å². The highest BCUT2D eigenvalue weighted by molar-refractivity contribution is 6.30. The molecule has 2 aromatic rings. The maximum absolute atomic E-state index is 13.5. The summed E-state index contributed by atoms with van der Waals surface area (Å²) in [5.41, 5.74) is 0.437. The van der Waals surface area contributed by atoms with Gasteiger partial charge in [-0.2, -0.15) is 13.2 Å². The van der Waals surface area contributed by atoms with Crippen LogP contribution in [0.4, 0.5) is 18.9 Å². The molecular weight excluding hydrogens is 435 g/mol. The summed E-state index contributed by atoms with van der Waals surface area (Å²) < 4.78 is 51.2. The van der Waals surface area contributed by atoms with Crippen LogP contribution in [0.15, 0.2) is 42.5 Å². The van der Waals surface area contributed by atoms with Crippen molar-refractivity contribution >= 4 is 35.2 Å². The molecule has 31 heavy (non-hydrogen) atoms. The molecule has 1 heterocycles. The first-order valence-electron chi connectivity index (χ1n) is 9.35. The number of hydrogen-bond acceptors (Lipinski definition) is 4. The largest absolute Gasteiger partial charge is 0.490 e. The molecule has 4 rings (SSSR count). The zero-order valence-electron chi connectivity index (χ0n) is 16.3. The van der Waals surface area contributed by atoms with Gasteiger partial charge >= 0.3 is 18.1 Å². The standard InChI is InChI=1S/C22H17ClF3NO4/c1-30-19(28)14-4-7-18-17(10-14)27(20(29)22(24,25)26)11-21(12-31-18)8-2-3-13-9-15(23)5-6-16(13)21/h2-7,9-10H,8,11-12H2,1H3/t21-/m0/s1. The van der Waals surface area contributed by atoms with Gasteiger partial charge in [0.1, 0.15) is 12.4 Å². The molecule has 0 aromatic heterocycles. The number of nitrogens with zero attached hydrogens (tertiary/aromatic N) is 1.